The van der Waals surface area contributed by atoms with Crippen LogP contribution in [0.5, 0.6) is 0 Å². The lowest BCUT2D eigenvalue weighted by Crippen LogP contribution is -2.28. The molecule has 0 saturated carbocycles. The minimum Gasteiger partial charge on any atom is -0.234 e. The normalized spacial score (nSPS) is 13.8. The van der Waals surface area contributed by atoms with E-state index < -0.39 is 5.41 Å². The van der Waals surface area contributed by atoms with E-state index in [0.29, 0.717) is 21.7 Å². The lowest BCUT2D eigenvalue weighted by Gasteiger charge is -2.33. The van der Waals surface area contributed by atoms with Crippen LogP contribution in [0.15, 0.2) is 72.8 Å². The molecule has 2 aromatic carbocycles. The van der Waals surface area contributed by atoms with E-state index >= 15 is 0 Å². The van der Waals surface area contributed by atoms with Gasteiger partial charge in [0.15, 0.2) is 0 Å². The largest absolute Gasteiger partial charge is 0.234 e. The van der Waals surface area contributed by atoms with Crippen molar-refractivity contribution in [1.29, 1.82) is 0 Å². The molecular formula is C23H12Cl2F2N2. The quantitative estimate of drug-likeness (QED) is 0.305. The summed E-state index contributed by atoms with van der Waals surface area (Å²) in [7, 11) is 0. The minimum atomic E-state index is -0.860. The van der Waals surface area contributed by atoms with Crippen LogP contribution in [0.1, 0.15) is 22.3 Å². The second-order valence-corrected chi connectivity index (χ2v) is 7.60. The number of aromatic nitrogens is 2. The predicted octanol–water partition coefficient (Wildman–Crippen LogP) is 6.42. The molecule has 2 nitrogen and oxygen atoms in total. The topological polar surface area (TPSA) is 25.8 Å². The van der Waals surface area contributed by atoms with Crippen molar-refractivity contribution in [1.82, 2.24) is 9.97 Å². The third-order valence-electron chi connectivity index (χ3n) is 5.31. The highest BCUT2D eigenvalue weighted by Crippen LogP contribution is 2.55. The first-order valence-electron chi connectivity index (χ1n) is 8.86. The molecule has 1 aliphatic rings. The van der Waals surface area contributed by atoms with Gasteiger partial charge in [0, 0.05) is 0 Å². The van der Waals surface area contributed by atoms with Crippen molar-refractivity contribution in [2.75, 3.05) is 0 Å². The van der Waals surface area contributed by atoms with E-state index in [4.69, 9.17) is 23.2 Å². The molecule has 1 aliphatic carbocycles. The number of fused-ring (bicyclic) bond motifs is 3. The van der Waals surface area contributed by atoms with Crippen LogP contribution in [0.4, 0.5) is 8.78 Å². The van der Waals surface area contributed by atoms with Gasteiger partial charge in [-0.25, -0.2) is 18.7 Å². The molecule has 2 heterocycles. The molecule has 4 aromatic rings. The Morgan fingerprint density at radius 3 is 1.31 bits per heavy atom. The van der Waals surface area contributed by atoms with Crippen LogP contribution in [0.25, 0.3) is 11.4 Å². The second-order valence-electron chi connectivity index (χ2n) is 6.82. The summed E-state index contributed by atoms with van der Waals surface area (Å²) in [5.74, 6) is -0.685. The van der Waals surface area contributed by atoms with Crippen molar-refractivity contribution in [2.45, 2.75) is 5.41 Å². The zero-order valence-electron chi connectivity index (χ0n) is 14.8. The lowest BCUT2D eigenvalue weighted by atomic mass is 9.68. The fourth-order valence-corrected chi connectivity index (χ4v) is 4.47. The third kappa shape index (κ3) is 2.67. The van der Waals surface area contributed by atoms with Crippen LogP contribution in [0, 0.1) is 11.6 Å². The van der Waals surface area contributed by atoms with E-state index in [0.717, 1.165) is 22.3 Å². The van der Waals surface area contributed by atoms with E-state index in [1.54, 1.807) is 36.4 Å². The molecule has 0 spiro atoms. The average molecular weight is 425 g/mol. The van der Waals surface area contributed by atoms with Gasteiger partial charge in [-0.2, -0.15) is 0 Å². The molecule has 0 unspecified atom stereocenters. The van der Waals surface area contributed by atoms with Gasteiger partial charge in [0.2, 0.25) is 0 Å². The molecule has 0 amide bonds. The molecule has 142 valence electrons. The van der Waals surface area contributed by atoms with Gasteiger partial charge in [-0.15, -0.1) is 0 Å². The molecule has 0 bridgehead atoms. The highest BCUT2D eigenvalue weighted by atomic mass is 35.5. The Bertz CT molecular complexity index is 1140. The van der Waals surface area contributed by atoms with Gasteiger partial charge in [-0.1, -0.05) is 59.6 Å². The molecule has 2 aromatic heterocycles. The average Bonchev–Trinajstić information content (AvgIpc) is 2.99. The molecule has 5 rings (SSSR count). The van der Waals surface area contributed by atoms with E-state index in [-0.39, 0.29) is 11.6 Å². The summed E-state index contributed by atoms with van der Waals surface area (Å²) in [6.45, 7) is 0. The van der Waals surface area contributed by atoms with Crippen LogP contribution in [0.3, 0.4) is 0 Å². The highest BCUT2D eigenvalue weighted by Gasteiger charge is 2.48. The van der Waals surface area contributed by atoms with Crippen LogP contribution in [0.2, 0.25) is 10.3 Å². The zero-order chi connectivity index (χ0) is 20.2. The maximum Gasteiger partial charge on any atom is 0.129 e. The SMILES string of the molecule is Fc1ccc(C2(c3ccc(F)cc3)c3ccc(Cl)nc3-c3nc(Cl)ccc32)cc1. The fourth-order valence-electron chi connectivity index (χ4n) is 4.17. The molecule has 0 fully saturated rings. The highest BCUT2D eigenvalue weighted by molar-refractivity contribution is 6.30. The summed E-state index contributed by atoms with van der Waals surface area (Å²) in [6.07, 6.45) is 0. The van der Waals surface area contributed by atoms with E-state index in [2.05, 4.69) is 9.97 Å². The summed E-state index contributed by atoms with van der Waals surface area (Å²) in [5, 5.41) is 0.649. The summed E-state index contributed by atoms with van der Waals surface area (Å²) >= 11 is 12.4. The number of pyridine rings is 2. The Hall–Kier alpha value is -2.82. The van der Waals surface area contributed by atoms with Crippen molar-refractivity contribution in [2.24, 2.45) is 0 Å². The number of hydrogen-bond acceptors (Lipinski definition) is 2. The molecule has 0 saturated heterocycles. The van der Waals surface area contributed by atoms with Gasteiger partial charge in [0.25, 0.3) is 0 Å². The van der Waals surface area contributed by atoms with Crippen LogP contribution >= 0.6 is 23.2 Å². The minimum absolute atomic E-state index is 0.325. The van der Waals surface area contributed by atoms with Crippen molar-refractivity contribution in [3.8, 4) is 11.4 Å². The molecule has 6 heteroatoms. The zero-order valence-corrected chi connectivity index (χ0v) is 16.3. The standard InChI is InChI=1S/C23H12Cl2F2N2/c24-19-11-9-17-21(28-19)22-18(10-12-20(25)29-22)23(17,13-1-5-15(26)6-2-13)14-3-7-16(27)8-4-14/h1-12H. The number of hydrogen-bond donors (Lipinski definition) is 0. The second kappa shape index (κ2) is 6.61. The maximum atomic E-state index is 13.7. The number of benzene rings is 2. The summed E-state index contributed by atoms with van der Waals surface area (Å²) in [4.78, 5) is 9.03. The summed E-state index contributed by atoms with van der Waals surface area (Å²) in [6, 6.07) is 19.7. The van der Waals surface area contributed by atoms with Crippen molar-refractivity contribution in [3.63, 3.8) is 0 Å². The molecule has 0 aliphatic heterocycles. The van der Waals surface area contributed by atoms with E-state index in [9.17, 15) is 8.78 Å². The summed E-state index contributed by atoms with van der Waals surface area (Å²) in [5.41, 5.74) is 3.60. The van der Waals surface area contributed by atoms with Crippen molar-refractivity contribution in [3.05, 3.63) is 117 Å². The lowest BCUT2D eigenvalue weighted by molar-refractivity contribution is 0.622. The first-order valence-corrected chi connectivity index (χ1v) is 9.62. The number of nitrogens with zero attached hydrogens (tertiary/aromatic N) is 2. The van der Waals surface area contributed by atoms with Gasteiger partial charge in [0.05, 0.1) is 16.8 Å². The Morgan fingerprint density at radius 1 is 0.552 bits per heavy atom. The molecule has 0 radical (unpaired) electrons. The number of rotatable bonds is 2. The Labute approximate surface area is 175 Å². The van der Waals surface area contributed by atoms with Crippen LogP contribution < -0.4 is 0 Å². The first-order chi connectivity index (χ1) is 14.0. The van der Waals surface area contributed by atoms with Gasteiger partial charge < -0.3 is 0 Å². The van der Waals surface area contributed by atoms with Gasteiger partial charge in [-0.05, 0) is 58.7 Å². The smallest absolute Gasteiger partial charge is 0.129 e. The van der Waals surface area contributed by atoms with Crippen LogP contribution in [-0.2, 0) is 5.41 Å². The van der Waals surface area contributed by atoms with Crippen molar-refractivity contribution < 1.29 is 8.78 Å². The Kier molecular flexibility index (Phi) is 4.16. The van der Waals surface area contributed by atoms with E-state index in [1.165, 1.54) is 24.3 Å². The van der Waals surface area contributed by atoms with Gasteiger partial charge >= 0.3 is 0 Å². The molecule has 0 N–H and O–H groups in total. The maximum absolute atomic E-state index is 13.7. The van der Waals surface area contributed by atoms with Crippen molar-refractivity contribution >= 4 is 23.2 Å². The van der Waals surface area contributed by atoms with E-state index in [1.807, 2.05) is 12.1 Å². The first kappa shape index (κ1) is 18.2. The van der Waals surface area contributed by atoms with Crippen LogP contribution in [-0.4, -0.2) is 9.97 Å². The predicted molar refractivity (Wildman–Crippen MR) is 109 cm³/mol. The third-order valence-corrected chi connectivity index (χ3v) is 5.73. The molecule has 0 atom stereocenters. The fraction of sp³-hybridized carbons (Fsp3) is 0.0435. The Morgan fingerprint density at radius 2 is 0.931 bits per heavy atom. The van der Waals surface area contributed by atoms with Gasteiger partial charge in [0.1, 0.15) is 21.9 Å². The van der Waals surface area contributed by atoms with Gasteiger partial charge in [-0.3, -0.25) is 0 Å². The Balaban J connectivity index is 1.95. The molecule has 29 heavy (non-hydrogen) atoms. The number of halogens is 4. The summed E-state index contributed by atoms with van der Waals surface area (Å²) < 4.78 is 27.5. The monoisotopic (exact) mass is 424 g/mol. The molecular weight excluding hydrogens is 413 g/mol.